The van der Waals surface area contributed by atoms with Gasteiger partial charge in [-0.2, -0.15) is 0 Å². The maximum absolute atomic E-state index is 5.88. The number of aryl methyl sites for hydroxylation is 1. The van der Waals surface area contributed by atoms with Crippen molar-refractivity contribution >= 4 is 23.2 Å². The van der Waals surface area contributed by atoms with Gasteiger partial charge in [-0.05, 0) is 49.9 Å². The van der Waals surface area contributed by atoms with Crippen LogP contribution in [0.2, 0.25) is 10.0 Å². The Labute approximate surface area is 95.2 Å². The van der Waals surface area contributed by atoms with Crippen molar-refractivity contribution in [2.75, 3.05) is 0 Å². The van der Waals surface area contributed by atoms with E-state index in [-0.39, 0.29) is 6.04 Å². The summed E-state index contributed by atoms with van der Waals surface area (Å²) in [4.78, 5) is 0. The molecule has 0 radical (unpaired) electrons. The molecule has 0 bridgehead atoms. The van der Waals surface area contributed by atoms with Gasteiger partial charge in [0.05, 0.1) is 0 Å². The number of rotatable bonds is 4. The fraction of sp³-hybridized carbons (Fsp3) is 0.455. The van der Waals surface area contributed by atoms with Gasteiger partial charge in [0.15, 0.2) is 0 Å². The van der Waals surface area contributed by atoms with E-state index >= 15 is 0 Å². The van der Waals surface area contributed by atoms with Crippen molar-refractivity contribution in [2.45, 2.75) is 32.2 Å². The molecule has 2 N–H and O–H groups in total. The summed E-state index contributed by atoms with van der Waals surface area (Å²) in [7, 11) is 0. The normalized spacial score (nSPS) is 12.9. The first-order valence-electron chi connectivity index (χ1n) is 4.78. The molecule has 1 atom stereocenters. The largest absolute Gasteiger partial charge is 0.328 e. The highest BCUT2D eigenvalue weighted by atomic mass is 35.5. The van der Waals surface area contributed by atoms with Crippen molar-refractivity contribution in [3.05, 3.63) is 33.8 Å². The van der Waals surface area contributed by atoms with Gasteiger partial charge < -0.3 is 5.73 Å². The van der Waals surface area contributed by atoms with Gasteiger partial charge in [-0.15, -0.1) is 0 Å². The van der Waals surface area contributed by atoms with Crippen molar-refractivity contribution in [2.24, 2.45) is 5.73 Å². The zero-order valence-electron chi connectivity index (χ0n) is 8.26. The van der Waals surface area contributed by atoms with Gasteiger partial charge >= 0.3 is 0 Å². The molecule has 0 saturated carbocycles. The van der Waals surface area contributed by atoms with Gasteiger partial charge in [-0.1, -0.05) is 23.2 Å². The van der Waals surface area contributed by atoms with Gasteiger partial charge in [0.1, 0.15) is 0 Å². The fourth-order valence-corrected chi connectivity index (χ4v) is 1.95. The van der Waals surface area contributed by atoms with E-state index in [2.05, 4.69) is 0 Å². The first-order chi connectivity index (χ1) is 6.58. The minimum atomic E-state index is 0.268. The van der Waals surface area contributed by atoms with Crippen LogP contribution < -0.4 is 5.73 Å². The lowest BCUT2D eigenvalue weighted by Gasteiger charge is -2.05. The maximum atomic E-state index is 5.88. The third-order valence-electron chi connectivity index (χ3n) is 2.05. The molecule has 0 heterocycles. The van der Waals surface area contributed by atoms with E-state index in [4.69, 9.17) is 28.9 Å². The zero-order valence-corrected chi connectivity index (χ0v) is 9.78. The summed E-state index contributed by atoms with van der Waals surface area (Å²) in [5.74, 6) is 0. The Morgan fingerprint density at radius 2 is 1.79 bits per heavy atom. The molecule has 1 nitrogen and oxygen atoms in total. The molecule has 0 fully saturated rings. The van der Waals surface area contributed by atoms with Crippen molar-refractivity contribution in [3.8, 4) is 0 Å². The third kappa shape index (κ3) is 4.32. The van der Waals surface area contributed by atoms with Crippen molar-refractivity contribution < 1.29 is 0 Å². The first-order valence-corrected chi connectivity index (χ1v) is 5.54. The summed E-state index contributed by atoms with van der Waals surface area (Å²) in [6.07, 6.45) is 3.10. The third-order valence-corrected chi connectivity index (χ3v) is 2.48. The SMILES string of the molecule is CC(N)CCCc1cc(Cl)cc(Cl)c1. The molecular formula is C11H15Cl2N. The minimum Gasteiger partial charge on any atom is -0.328 e. The molecule has 1 rings (SSSR count). The van der Waals surface area contributed by atoms with Gasteiger partial charge in [0.2, 0.25) is 0 Å². The first kappa shape index (κ1) is 11.8. The molecule has 14 heavy (non-hydrogen) atoms. The Morgan fingerprint density at radius 3 is 2.29 bits per heavy atom. The zero-order chi connectivity index (χ0) is 10.6. The molecule has 3 heteroatoms. The number of halogens is 2. The molecule has 0 aliphatic carbocycles. The van der Waals surface area contributed by atoms with Crippen LogP contribution in [0.1, 0.15) is 25.3 Å². The molecule has 0 aromatic heterocycles. The highest BCUT2D eigenvalue weighted by Gasteiger charge is 1.99. The molecule has 0 saturated heterocycles. The monoisotopic (exact) mass is 231 g/mol. The lowest BCUT2D eigenvalue weighted by Crippen LogP contribution is -2.14. The highest BCUT2D eigenvalue weighted by molar-refractivity contribution is 6.34. The summed E-state index contributed by atoms with van der Waals surface area (Å²) in [6.45, 7) is 2.02. The Hall–Kier alpha value is -0.240. The Balaban J connectivity index is 2.50. The predicted octanol–water partition coefficient (Wildman–Crippen LogP) is 3.66. The van der Waals surface area contributed by atoms with Crippen LogP contribution in [0.25, 0.3) is 0 Å². The molecule has 0 aliphatic heterocycles. The van der Waals surface area contributed by atoms with Crippen LogP contribution >= 0.6 is 23.2 Å². The van der Waals surface area contributed by atoms with Gasteiger partial charge in [0, 0.05) is 16.1 Å². The Morgan fingerprint density at radius 1 is 1.21 bits per heavy atom. The van der Waals surface area contributed by atoms with Crippen LogP contribution in [0.15, 0.2) is 18.2 Å². The summed E-state index contributed by atoms with van der Waals surface area (Å²) >= 11 is 11.8. The van der Waals surface area contributed by atoms with Crippen molar-refractivity contribution in [3.63, 3.8) is 0 Å². The average Bonchev–Trinajstić information content (AvgIpc) is 2.01. The van der Waals surface area contributed by atoms with Crippen LogP contribution in [-0.2, 0) is 6.42 Å². The lowest BCUT2D eigenvalue weighted by atomic mass is 10.1. The average molecular weight is 232 g/mol. The number of hydrogen-bond acceptors (Lipinski definition) is 1. The minimum absolute atomic E-state index is 0.268. The summed E-state index contributed by atoms with van der Waals surface area (Å²) in [5.41, 5.74) is 6.85. The number of hydrogen-bond donors (Lipinski definition) is 1. The van der Waals surface area contributed by atoms with E-state index in [0.717, 1.165) is 19.3 Å². The summed E-state index contributed by atoms with van der Waals surface area (Å²) in [6, 6.07) is 5.92. The quantitative estimate of drug-likeness (QED) is 0.842. The van der Waals surface area contributed by atoms with Crippen molar-refractivity contribution in [1.29, 1.82) is 0 Å². The second kappa shape index (κ2) is 5.59. The Bertz CT molecular complexity index is 277. The molecule has 1 aromatic carbocycles. The molecule has 1 unspecified atom stereocenters. The van der Waals surface area contributed by atoms with E-state index in [1.54, 1.807) is 6.07 Å². The van der Waals surface area contributed by atoms with E-state index in [0.29, 0.717) is 10.0 Å². The summed E-state index contributed by atoms with van der Waals surface area (Å²) in [5, 5.41) is 1.40. The van der Waals surface area contributed by atoms with Crippen molar-refractivity contribution in [1.82, 2.24) is 0 Å². The van der Waals surface area contributed by atoms with Crippen LogP contribution in [0, 0.1) is 0 Å². The standard InChI is InChI=1S/C11H15Cl2N/c1-8(14)3-2-4-9-5-10(12)7-11(13)6-9/h5-8H,2-4,14H2,1H3. The van der Waals surface area contributed by atoms with Gasteiger partial charge in [0.25, 0.3) is 0 Å². The molecule has 1 aromatic rings. The van der Waals surface area contributed by atoms with E-state index in [9.17, 15) is 0 Å². The molecule has 0 spiro atoms. The number of benzene rings is 1. The van der Waals surface area contributed by atoms with Gasteiger partial charge in [-0.25, -0.2) is 0 Å². The smallest absolute Gasteiger partial charge is 0.0423 e. The Kier molecular flexibility index (Phi) is 4.73. The van der Waals surface area contributed by atoms with Crippen LogP contribution in [-0.4, -0.2) is 6.04 Å². The predicted molar refractivity (Wildman–Crippen MR) is 63.0 cm³/mol. The fourth-order valence-electron chi connectivity index (χ4n) is 1.38. The van der Waals surface area contributed by atoms with E-state index in [1.807, 2.05) is 19.1 Å². The van der Waals surface area contributed by atoms with Crippen LogP contribution in [0.5, 0.6) is 0 Å². The second-order valence-corrected chi connectivity index (χ2v) is 4.52. The van der Waals surface area contributed by atoms with Crippen LogP contribution in [0.4, 0.5) is 0 Å². The van der Waals surface area contributed by atoms with E-state index < -0.39 is 0 Å². The molecule has 0 amide bonds. The number of nitrogens with two attached hydrogens (primary N) is 1. The maximum Gasteiger partial charge on any atom is 0.0423 e. The lowest BCUT2D eigenvalue weighted by molar-refractivity contribution is 0.624. The second-order valence-electron chi connectivity index (χ2n) is 3.65. The molecule has 78 valence electrons. The van der Waals surface area contributed by atoms with Crippen LogP contribution in [0.3, 0.4) is 0 Å². The molecule has 0 aliphatic rings. The highest BCUT2D eigenvalue weighted by Crippen LogP contribution is 2.20. The molecular weight excluding hydrogens is 217 g/mol. The van der Waals surface area contributed by atoms with Gasteiger partial charge in [-0.3, -0.25) is 0 Å². The van der Waals surface area contributed by atoms with E-state index in [1.165, 1.54) is 5.56 Å². The summed E-state index contributed by atoms with van der Waals surface area (Å²) < 4.78 is 0. The topological polar surface area (TPSA) is 26.0 Å².